The molecule has 0 unspecified atom stereocenters. The molecule has 0 bridgehead atoms. The molecular weight excluding hydrogens is 340 g/mol. The fourth-order valence-electron chi connectivity index (χ4n) is 2.63. The molecule has 24 heavy (non-hydrogen) atoms. The Morgan fingerprint density at radius 2 is 1.67 bits per heavy atom. The molecule has 0 saturated carbocycles. The van der Waals surface area contributed by atoms with Crippen molar-refractivity contribution in [2.45, 2.75) is 31.2 Å². The summed E-state index contributed by atoms with van der Waals surface area (Å²) in [6, 6.07) is 3.05. The Hall–Kier alpha value is -1.77. The Balaban J connectivity index is 2.37. The largest absolute Gasteiger partial charge is 0.417 e. The van der Waals surface area contributed by atoms with Crippen LogP contribution in [0.3, 0.4) is 0 Å². The molecule has 1 heterocycles. The van der Waals surface area contributed by atoms with Crippen LogP contribution in [0.1, 0.15) is 28.8 Å². The predicted molar refractivity (Wildman–Crippen MR) is 72.4 cm³/mol. The van der Waals surface area contributed by atoms with Crippen LogP contribution < -0.4 is 0 Å². The Labute approximate surface area is 134 Å². The third-order valence-electron chi connectivity index (χ3n) is 3.70. The van der Waals surface area contributed by atoms with Crippen molar-refractivity contribution in [3.8, 4) is 0 Å². The first kappa shape index (κ1) is 18.6. The number of alkyl halides is 6. The molecule has 0 radical (unpaired) electrons. The number of rotatable bonds is 3. The van der Waals surface area contributed by atoms with E-state index in [2.05, 4.69) is 0 Å². The zero-order valence-corrected chi connectivity index (χ0v) is 12.5. The summed E-state index contributed by atoms with van der Waals surface area (Å²) in [4.78, 5) is 13.0. The van der Waals surface area contributed by atoms with Crippen LogP contribution >= 0.6 is 0 Å². The van der Waals surface area contributed by atoms with Crippen LogP contribution in [0.4, 0.5) is 26.3 Å². The van der Waals surface area contributed by atoms with Crippen molar-refractivity contribution >= 4 is 5.91 Å². The highest BCUT2D eigenvalue weighted by Crippen LogP contribution is 2.33. The summed E-state index contributed by atoms with van der Waals surface area (Å²) in [7, 11) is 0. The summed E-state index contributed by atoms with van der Waals surface area (Å²) in [5.41, 5.74) is -2.02. The van der Waals surface area contributed by atoms with Crippen molar-refractivity contribution < 1.29 is 35.9 Å². The normalized spacial score (nSPS) is 16.9. The molecule has 1 aromatic carbocycles. The van der Waals surface area contributed by atoms with E-state index >= 15 is 0 Å². The summed E-state index contributed by atoms with van der Waals surface area (Å²) in [5.74, 6) is -1.27. The lowest BCUT2D eigenvalue weighted by Crippen LogP contribution is -2.48. The van der Waals surface area contributed by atoms with Gasteiger partial charge in [-0.3, -0.25) is 4.79 Å². The first-order valence-electron chi connectivity index (χ1n) is 7.21. The lowest BCUT2D eigenvalue weighted by molar-refractivity contribution is -0.148. The molecule has 1 aromatic rings. The molecular formula is C15H15F6NO2. The maximum absolute atomic E-state index is 13.0. The maximum Gasteiger partial charge on any atom is 0.417 e. The smallest absolute Gasteiger partial charge is 0.381 e. The molecule has 3 nitrogen and oxygen atoms in total. The molecule has 1 aliphatic heterocycles. The minimum Gasteiger partial charge on any atom is -0.381 e. The third kappa shape index (κ3) is 4.62. The topological polar surface area (TPSA) is 29.5 Å². The first-order chi connectivity index (χ1) is 11.1. The van der Waals surface area contributed by atoms with E-state index in [1.807, 2.05) is 0 Å². The second kappa shape index (κ2) is 7.00. The van der Waals surface area contributed by atoms with Crippen molar-refractivity contribution in [3.63, 3.8) is 0 Å². The van der Waals surface area contributed by atoms with Gasteiger partial charge in [0.25, 0.3) is 5.91 Å². The average molecular weight is 355 g/mol. The van der Waals surface area contributed by atoms with Gasteiger partial charge in [0, 0.05) is 19.3 Å². The maximum atomic E-state index is 13.0. The van der Waals surface area contributed by atoms with Gasteiger partial charge in [0.15, 0.2) is 0 Å². The summed E-state index contributed by atoms with van der Waals surface area (Å²) < 4.78 is 82.6. The number of carbonyl (C=O) groups excluding carboxylic acids is 1. The number of ether oxygens (including phenoxy) is 1. The molecule has 1 amide bonds. The van der Waals surface area contributed by atoms with Crippen molar-refractivity contribution in [3.05, 3.63) is 35.4 Å². The van der Waals surface area contributed by atoms with E-state index < -0.39 is 42.0 Å². The van der Waals surface area contributed by atoms with Gasteiger partial charge in [-0.05, 0) is 25.0 Å². The molecule has 0 aliphatic carbocycles. The molecule has 1 fully saturated rings. The van der Waals surface area contributed by atoms with Crippen LogP contribution in [-0.2, 0) is 10.9 Å². The number of hydrogen-bond donors (Lipinski definition) is 0. The van der Waals surface area contributed by atoms with Crippen LogP contribution in [0.25, 0.3) is 0 Å². The standard InChI is InChI=1S/C15H15F6NO2/c16-14(17,18)9-22(10-5-7-24-8-6-10)13(23)11-3-1-2-4-12(11)15(19,20)21/h1-4,10H,5-9H2. The van der Waals surface area contributed by atoms with Crippen LogP contribution in [0.15, 0.2) is 24.3 Å². The molecule has 0 spiro atoms. The molecule has 9 heteroatoms. The highest BCUT2D eigenvalue weighted by atomic mass is 19.4. The Morgan fingerprint density at radius 3 is 2.21 bits per heavy atom. The van der Waals surface area contributed by atoms with Gasteiger partial charge in [-0.25, -0.2) is 0 Å². The number of amides is 1. The predicted octanol–water partition coefficient (Wildman–Crippen LogP) is 3.89. The molecule has 1 aliphatic rings. The quantitative estimate of drug-likeness (QED) is 0.770. The monoisotopic (exact) mass is 355 g/mol. The van der Waals surface area contributed by atoms with Gasteiger partial charge in [0.2, 0.25) is 0 Å². The summed E-state index contributed by atoms with van der Waals surface area (Å²) in [5, 5.41) is 0. The number of nitrogens with zero attached hydrogens (tertiary/aromatic N) is 1. The Bertz CT molecular complexity index is 578. The van der Waals surface area contributed by atoms with E-state index in [1.54, 1.807) is 0 Å². The molecule has 2 rings (SSSR count). The van der Waals surface area contributed by atoms with Crippen LogP contribution in [0, 0.1) is 0 Å². The fraction of sp³-hybridized carbons (Fsp3) is 0.533. The second-order valence-electron chi connectivity index (χ2n) is 5.44. The lowest BCUT2D eigenvalue weighted by Gasteiger charge is -2.35. The SMILES string of the molecule is O=C(c1ccccc1C(F)(F)F)N(CC(F)(F)F)C1CCOCC1. The highest BCUT2D eigenvalue weighted by molar-refractivity contribution is 5.96. The van der Waals surface area contributed by atoms with E-state index in [0.717, 1.165) is 12.1 Å². The fourth-order valence-corrected chi connectivity index (χ4v) is 2.63. The van der Waals surface area contributed by atoms with E-state index in [1.165, 1.54) is 6.07 Å². The zero-order chi connectivity index (χ0) is 18.0. The number of carbonyl (C=O) groups is 1. The van der Waals surface area contributed by atoms with Gasteiger partial charge in [0.1, 0.15) is 6.54 Å². The number of hydrogen-bond acceptors (Lipinski definition) is 2. The number of halogens is 6. The number of benzene rings is 1. The summed E-state index contributed by atoms with van der Waals surface area (Å²) >= 11 is 0. The lowest BCUT2D eigenvalue weighted by atomic mass is 10.0. The van der Waals surface area contributed by atoms with E-state index in [-0.39, 0.29) is 26.1 Å². The van der Waals surface area contributed by atoms with Gasteiger partial charge in [-0.2, -0.15) is 26.3 Å². The van der Waals surface area contributed by atoms with E-state index in [9.17, 15) is 31.1 Å². The Kier molecular flexibility index (Phi) is 5.42. The van der Waals surface area contributed by atoms with Crippen molar-refractivity contribution in [2.75, 3.05) is 19.8 Å². The van der Waals surface area contributed by atoms with Crippen LogP contribution in [0.2, 0.25) is 0 Å². The minimum absolute atomic E-state index is 0.149. The second-order valence-corrected chi connectivity index (χ2v) is 5.44. The molecule has 0 N–H and O–H groups in total. The summed E-state index contributed by atoms with van der Waals surface area (Å²) in [6.45, 7) is -1.27. The van der Waals surface area contributed by atoms with Crippen molar-refractivity contribution in [2.24, 2.45) is 0 Å². The molecule has 1 saturated heterocycles. The average Bonchev–Trinajstić information content (AvgIpc) is 2.51. The van der Waals surface area contributed by atoms with Gasteiger partial charge < -0.3 is 9.64 Å². The first-order valence-corrected chi connectivity index (χ1v) is 7.21. The molecule has 0 atom stereocenters. The van der Waals surface area contributed by atoms with Gasteiger partial charge in [-0.1, -0.05) is 12.1 Å². The molecule has 0 aromatic heterocycles. The Morgan fingerprint density at radius 1 is 1.08 bits per heavy atom. The highest BCUT2D eigenvalue weighted by Gasteiger charge is 2.41. The van der Waals surface area contributed by atoms with Crippen LogP contribution in [0.5, 0.6) is 0 Å². The van der Waals surface area contributed by atoms with E-state index in [0.29, 0.717) is 11.0 Å². The minimum atomic E-state index is -4.83. The third-order valence-corrected chi connectivity index (χ3v) is 3.70. The van der Waals surface area contributed by atoms with Crippen molar-refractivity contribution in [1.29, 1.82) is 0 Å². The van der Waals surface area contributed by atoms with Crippen molar-refractivity contribution in [1.82, 2.24) is 4.90 Å². The van der Waals surface area contributed by atoms with Gasteiger partial charge in [0.05, 0.1) is 11.1 Å². The summed E-state index contributed by atoms with van der Waals surface area (Å²) in [6.07, 6.45) is -9.24. The van der Waals surface area contributed by atoms with Gasteiger partial charge in [-0.15, -0.1) is 0 Å². The van der Waals surface area contributed by atoms with Gasteiger partial charge >= 0.3 is 12.4 Å². The van der Waals surface area contributed by atoms with Crippen LogP contribution in [-0.4, -0.2) is 42.8 Å². The molecule has 134 valence electrons. The van der Waals surface area contributed by atoms with E-state index in [4.69, 9.17) is 4.74 Å². The zero-order valence-electron chi connectivity index (χ0n) is 12.5.